The molecule has 0 spiro atoms. The number of fused-ring (bicyclic) bond motifs is 1. The number of aromatic carboxylic acids is 1. The number of hydrogen-bond donors (Lipinski definition) is 2. The maximum atomic E-state index is 12.3. The van der Waals surface area contributed by atoms with Crippen LogP contribution in [0.3, 0.4) is 0 Å². The number of carbonyl (C=O) groups is 1. The molecule has 3 rings (SSSR count). The van der Waals surface area contributed by atoms with Crippen LogP contribution in [-0.4, -0.2) is 20.6 Å². The van der Waals surface area contributed by atoms with Crippen LogP contribution in [0.25, 0.3) is 11.0 Å². The lowest BCUT2D eigenvalue weighted by Gasteiger charge is -2.15. The fourth-order valence-electron chi connectivity index (χ4n) is 2.57. The first kappa shape index (κ1) is 13.6. The van der Waals surface area contributed by atoms with Gasteiger partial charge in [0.15, 0.2) is 0 Å². The average molecular weight is 302 g/mol. The highest BCUT2D eigenvalue weighted by Gasteiger charge is 2.19. The van der Waals surface area contributed by atoms with Crippen molar-refractivity contribution < 1.29 is 9.90 Å². The third-order valence-corrected chi connectivity index (χ3v) is 4.51. The first-order valence-corrected chi connectivity index (χ1v) is 7.50. The molecule has 1 unspecified atom stereocenters. The fourth-order valence-corrected chi connectivity index (χ4v) is 3.47. The van der Waals surface area contributed by atoms with E-state index >= 15 is 0 Å². The standard InChI is InChI=1S/C15H14N2O3S/c1-2-11(13-4-3-7-21-13)17-12-6-5-9(14(18)19)8-10(12)16-15(17)20/h3-8,11H,2H2,1H3,(H,16,20)(H,18,19). The second-order valence-electron chi connectivity index (χ2n) is 4.78. The normalized spacial score (nSPS) is 12.6. The molecule has 0 amide bonds. The van der Waals surface area contributed by atoms with E-state index in [1.165, 1.54) is 12.1 Å². The van der Waals surface area contributed by atoms with E-state index in [-0.39, 0.29) is 17.3 Å². The third kappa shape index (κ3) is 2.27. The van der Waals surface area contributed by atoms with E-state index in [9.17, 15) is 9.59 Å². The molecule has 1 aromatic carbocycles. The average Bonchev–Trinajstić information content (AvgIpc) is 3.08. The lowest BCUT2D eigenvalue weighted by molar-refractivity contribution is 0.0697. The summed E-state index contributed by atoms with van der Waals surface area (Å²) in [6.07, 6.45) is 0.786. The summed E-state index contributed by atoms with van der Waals surface area (Å²) in [7, 11) is 0. The summed E-state index contributed by atoms with van der Waals surface area (Å²) in [5.74, 6) is -1.00. The van der Waals surface area contributed by atoms with E-state index in [4.69, 9.17) is 5.11 Å². The van der Waals surface area contributed by atoms with Crippen LogP contribution in [0, 0.1) is 0 Å². The first-order valence-electron chi connectivity index (χ1n) is 6.62. The minimum Gasteiger partial charge on any atom is -0.478 e. The smallest absolute Gasteiger partial charge is 0.335 e. The molecule has 0 fully saturated rings. The van der Waals surface area contributed by atoms with Gasteiger partial charge in [0.1, 0.15) is 0 Å². The number of aromatic nitrogens is 2. The number of nitrogens with zero attached hydrogens (tertiary/aromatic N) is 1. The molecule has 2 N–H and O–H groups in total. The zero-order valence-corrected chi connectivity index (χ0v) is 12.2. The molecule has 3 aromatic rings. The van der Waals surface area contributed by atoms with Gasteiger partial charge in [-0.05, 0) is 36.1 Å². The molecule has 0 aliphatic carbocycles. The van der Waals surface area contributed by atoms with E-state index in [0.29, 0.717) is 5.52 Å². The Morgan fingerprint density at radius 1 is 1.43 bits per heavy atom. The van der Waals surface area contributed by atoms with Gasteiger partial charge in [-0.25, -0.2) is 9.59 Å². The zero-order valence-electron chi connectivity index (χ0n) is 11.4. The number of aromatic amines is 1. The number of carboxylic acids is 1. The Labute approximate surface area is 124 Å². The number of benzene rings is 1. The molecule has 21 heavy (non-hydrogen) atoms. The van der Waals surface area contributed by atoms with E-state index in [0.717, 1.165) is 16.8 Å². The lowest BCUT2D eigenvalue weighted by atomic mass is 10.1. The van der Waals surface area contributed by atoms with Crippen molar-refractivity contribution in [3.05, 3.63) is 56.6 Å². The minimum atomic E-state index is -1.00. The topological polar surface area (TPSA) is 75.1 Å². The Balaban J connectivity index is 2.20. The van der Waals surface area contributed by atoms with E-state index in [1.54, 1.807) is 22.0 Å². The molecular formula is C15H14N2O3S. The molecule has 1 atom stereocenters. The van der Waals surface area contributed by atoms with Gasteiger partial charge < -0.3 is 10.1 Å². The number of hydrogen-bond acceptors (Lipinski definition) is 3. The maximum Gasteiger partial charge on any atom is 0.335 e. The number of thiophene rings is 1. The summed E-state index contributed by atoms with van der Waals surface area (Å²) in [6, 6.07) is 8.64. The Bertz CT molecular complexity index is 846. The monoisotopic (exact) mass is 302 g/mol. The number of carboxylic acid groups (broad SMARTS) is 1. The van der Waals surface area contributed by atoms with Crippen molar-refractivity contribution in [1.82, 2.24) is 9.55 Å². The first-order chi connectivity index (χ1) is 10.1. The van der Waals surface area contributed by atoms with Crippen molar-refractivity contribution in [2.45, 2.75) is 19.4 Å². The summed E-state index contributed by atoms with van der Waals surface area (Å²) in [4.78, 5) is 27.2. The molecular weight excluding hydrogens is 288 g/mol. The Kier molecular flexibility index (Phi) is 3.39. The molecule has 6 heteroatoms. The predicted molar refractivity (Wildman–Crippen MR) is 82.3 cm³/mol. The van der Waals surface area contributed by atoms with Crippen LogP contribution < -0.4 is 5.69 Å². The second-order valence-corrected chi connectivity index (χ2v) is 5.76. The van der Waals surface area contributed by atoms with Gasteiger partial charge in [-0.15, -0.1) is 11.3 Å². The van der Waals surface area contributed by atoms with Gasteiger partial charge in [0.05, 0.1) is 22.6 Å². The zero-order chi connectivity index (χ0) is 15.0. The van der Waals surface area contributed by atoms with Gasteiger partial charge in [0, 0.05) is 4.88 Å². The Morgan fingerprint density at radius 3 is 2.86 bits per heavy atom. The minimum absolute atomic E-state index is 0.0399. The van der Waals surface area contributed by atoms with Crippen LogP contribution in [-0.2, 0) is 0 Å². The lowest BCUT2D eigenvalue weighted by Crippen LogP contribution is -2.22. The molecule has 2 heterocycles. The largest absolute Gasteiger partial charge is 0.478 e. The second kappa shape index (κ2) is 5.21. The number of rotatable bonds is 4. The van der Waals surface area contributed by atoms with Gasteiger partial charge in [-0.1, -0.05) is 13.0 Å². The Morgan fingerprint density at radius 2 is 2.24 bits per heavy atom. The summed E-state index contributed by atoms with van der Waals surface area (Å²) < 4.78 is 1.70. The third-order valence-electron chi connectivity index (χ3n) is 3.53. The summed E-state index contributed by atoms with van der Waals surface area (Å²) in [6.45, 7) is 2.03. The maximum absolute atomic E-state index is 12.3. The number of nitrogens with one attached hydrogen (secondary N) is 1. The van der Waals surface area contributed by atoms with Gasteiger partial charge in [0.2, 0.25) is 0 Å². The summed E-state index contributed by atoms with van der Waals surface area (Å²) in [5.41, 5.74) is 1.23. The van der Waals surface area contributed by atoms with Crippen molar-refractivity contribution >= 4 is 28.3 Å². The van der Waals surface area contributed by atoms with Crippen molar-refractivity contribution in [3.8, 4) is 0 Å². The summed E-state index contributed by atoms with van der Waals surface area (Å²) in [5, 5.41) is 11.0. The van der Waals surface area contributed by atoms with Crippen LogP contribution in [0.1, 0.15) is 34.6 Å². The van der Waals surface area contributed by atoms with Gasteiger partial charge in [-0.2, -0.15) is 0 Å². The molecule has 0 aliphatic heterocycles. The van der Waals surface area contributed by atoms with E-state index in [2.05, 4.69) is 4.98 Å². The summed E-state index contributed by atoms with van der Waals surface area (Å²) >= 11 is 1.61. The van der Waals surface area contributed by atoms with Gasteiger partial charge >= 0.3 is 11.7 Å². The molecule has 5 nitrogen and oxygen atoms in total. The molecule has 0 radical (unpaired) electrons. The SMILES string of the molecule is CCC(c1cccs1)n1c(=O)[nH]c2cc(C(=O)O)ccc21. The van der Waals surface area contributed by atoms with E-state index in [1.807, 2.05) is 24.4 Å². The van der Waals surface area contributed by atoms with Crippen molar-refractivity contribution in [1.29, 1.82) is 0 Å². The molecule has 0 saturated heterocycles. The van der Waals surface area contributed by atoms with Crippen LogP contribution in [0.4, 0.5) is 0 Å². The number of H-pyrrole nitrogens is 1. The fraction of sp³-hybridized carbons (Fsp3) is 0.200. The molecule has 0 aliphatic rings. The molecule has 0 bridgehead atoms. The highest BCUT2D eigenvalue weighted by molar-refractivity contribution is 7.10. The Hall–Kier alpha value is -2.34. The van der Waals surface area contributed by atoms with Gasteiger partial charge in [-0.3, -0.25) is 4.57 Å². The number of imidazole rings is 1. The van der Waals surface area contributed by atoms with Crippen LogP contribution in [0.5, 0.6) is 0 Å². The molecule has 0 saturated carbocycles. The highest BCUT2D eigenvalue weighted by Crippen LogP contribution is 2.28. The van der Waals surface area contributed by atoms with Crippen molar-refractivity contribution in [2.24, 2.45) is 0 Å². The van der Waals surface area contributed by atoms with Gasteiger partial charge in [0.25, 0.3) is 0 Å². The predicted octanol–water partition coefficient (Wildman–Crippen LogP) is 3.09. The van der Waals surface area contributed by atoms with Crippen LogP contribution >= 0.6 is 11.3 Å². The highest BCUT2D eigenvalue weighted by atomic mass is 32.1. The van der Waals surface area contributed by atoms with Crippen molar-refractivity contribution in [2.75, 3.05) is 0 Å². The van der Waals surface area contributed by atoms with Crippen molar-refractivity contribution in [3.63, 3.8) is 0 Å². The van der Waals surface area contributed by atoms with Crippen LogP contribution in [0.2, 0.25) is 0 Å². The van der Waals surface area contributed by atoms with Crippen LogP contribution in [0.15, 0.2) is 40.5 Å². The van der Waals surface area contributed by atoms with E-state index < -0.39 is 5.97 Å². The quantitative estimate of drug-likeness (QED) is 0.777. The molecule has 108 valence electrons. The molecule has 2 aromatic heterocycles.